The number of carbonyl (C=O) groups excluding carboxylic acids is 1. The summed E-state index contributed by atoms with van der Waals surface area (Å²) in [5, 5.41) is 11.4. The van der Waals surface area contributed by atoms with Gasteiger partial charge in [-0.25, -0.2) is 14.6 Å². The molecule has 2 aromatic rings. The van der Waals surface area contributed by atoms with Crippen LogP contribution in [0.3, 0.4) is 0 Å². The first-order chi connectivity index (χ1) is 14.6. The van der Waals surface area contributed by atoms with Crippen LogP contribution in [0.15, 0.2) is 24.4 Å². The van der Waals surface area contributed by atoms with E-state index in [0.717, 1.165) is 5.39 Å². The lowest BCUT2D eigenvalue weighted by molar-refractivity contribution is -0.142. The van der Waals surface area contributed by atoms with E-state index >= 15 is 0 Å². The largest absolute Gasteiger partial charge is 0.494 e. The van der Waals surface area contributed by atoms with Gasteiger partial charge < -0.3 is 19.3 Å². The van der Waals surface area contributed by atoms with Gasteiger partial charge in [0.25, 0.3) is 0 Å². The number of likely N-dealkylation sites (tertiary alicyclic amines) is 1. The standard InChI is InChI=1S/C22H23ClN2O6/c1-22(2,3)31-21(28)25-12-13(9-17(25)20(26)27)7-8-30-19-16-10-14(23)5-6-15(16)18(29-4)11-24-19/h5-6,10-11,13,17H,9,12H2,1-4H3,(H,26,27)/t13?,17-/m0/s1. The van der Waals surface area contributed by atoms with Gasteiger partial charge in [0.05, 0.1) is 18.7 Å². The Labute approximate surface area is 185 Å². The molecule has 8 nitrogen and oxygen atoms in total. The topological polar surface area (TPSA) is 98.2 Å². The molecule has 2 atom stereocenters. The summed E-state index contributed by atoms with van der Waals surface area (Å²) < 4.78 is 16.2. The van der Waals surface area contributed by atoms with Gasteiger partial charge in [0, 0.05) is 22.9 Å². The molecule has 1 amide bonds. The van der Waals surface area contributed by atoms with Gasteiger partial charge >= 0.3 is 12.1 Å². The summed E-state index contributed by atoms with van der Waals surface area (Å²) in [5.41, 5.74) is -0.727. The summed E-state index contributed by atoms with van der Waals surface area (Å²) >= 11 is 6.10. The highest BCUT2D eigenvalue weighted by molar-refractivity contribution is 6.31. The Morgan fingerprint density at radius 3 is 2.68 bits per heavy atom. The van der Waals surface area contributed by atoms with E-state index in [1.54, 1.807) is 46.1 Å². The van der Waals surface area contributed by atoms with E-state index in [9.17, 15) is 14.7 Å². The van der Waals surface area contributed by atoms with Gasteiger partial charge in [-0.3, -0.25) is 4.90 Å². The maximum Gasteiger partial charge on any atom is 0.411 e. The highest BCUT2D eigenvalue weighted by Gasteiger charge is 2.41. The van der Waals surface area contributed by atoms with Crippen LogP contribution in [0, 0.1) is 17.9 Å². The predicted octanol–water partition coefficient (Wildman–Crippen LogP) is 3.95. The number of aliphatic carboxylic acids is 1. The second-order valence-electron chi connectivity index (χ2n) is 8.09. The van der Waals surface area contributed by atoms with E-state index in [2.05, 4.69) is 17.0 Å². The molecule has 1 aliphatic rings. The van der Waals surface area contributed by atoms with Crippen LogP contribution in [-0.4, -0.2) is 52.4 Å². The molecule has 1 aromatic carbocycles. The van der Waals surface area contributed by atoms with Crippen LogP contribution in [0.4, 0.5) is 4.79 Å². The summed E-state index contributed by atoms with van der Waals surface area (Å²) in [5.74, 6) is 2.21. The molecule has 1 aromatic heterocycles. The third-order valence-corrected chi connectivity index (χ3v) is 4.86. The number of fused-ring (bicyclic) bond motifs is 1. The van der Waals surface area contributed by atoms with Gasteiger partial charge in [0.15, 0.2) is 0 Å². The first kappa shape index (κ1) is 22.5. The fraction of sp³-hybridized carbons (Fsp3) is 0.409. The molecule has 0 aliphatic carbocycles. The van der Waals surface area contributed by atoms with E-state index in [1.165, 1.54) is 11.1 Å². The zero-order chi connectivity index (χ0) is 22.8. The van der Waals surface area contributed by atoms with Crippen molar-refractivity contribution < 1.29 is 28.9 Å². The van der Waals surface area contributed by atoms with Crippen LogP contribution in [0.5, 0.6) is 11.6 Å². The monoisotopic (exact) mass is 446 g/mol. The maximum absolute atomic E-state index is 12.4. The number of methoxy groups -OCH3 is 1. The summed E-state index contributed by atoms with van der Waals surface area (Å²) in [6, 6.07) is 4.22. The van der Waals surface area contributed by atoms with Crippen LogP contribution >= 0.6 is 11.6 Å². The SMILES string of the molecule is COc1cnc(OC#CC2C[C@@H](C(=O)O)N(C(=O)OC(C)(C)C)C2)c2cc(Cl)ccc12. The minimum absolute atomic E-state index is 0.130. The van der Waals surface area contributed by atoms with Gasteiger partial charge in [0.1, 0.15) is 23.5 Å². The van der Waals surface area contributed by atoms with E-state index in [4.69, 9.17) is 25.8 Å². The molecule has 1 saturated heterocycles. The fourth-order valence-corrected chi connectivity index (χ4v) is 3.44. The molecule has 3 rings (SSSR count). The van der Waals surface area contributed by atoms with Gasteiger partial charge in [-0.1, -0.05) is 17.5 Å². The number of halogens is 1. The molecule has 1 aliphatic heterocycles. The summed E-state index contributed by atoms with van der Waals surface area (Å²) in [6.07, 6.45) is 3.61. The average molecular weight is 447 g/mol. The highest BCUT2D eigenvalue weighted by Crippen LogP contribution is 2.33. The molecule has 0 saturated carbocycles. The van der Waals surface area contributed by atoms with Crippen molar-refractivity contribution in [3.05, 3.63) is 29.4 Å². The zero-order valence-corrected chi connectivity index (χ0v) is 18.4. The Hall–Kier alpha value is -3.18. The molecular weight excluding hydrogens is 424 g/mol. The predicted molar refractivity (Wildman–Crippen MR) is 114 cm³/mol. The normalized spacial score (nSPS) is 18.3. The maximum atomic E-state index is 12.4. The lowest BCUT2D eigenvalue weighted by atomic mass is 10.1. The number of hydrogen-bond donors (Lipinski definition) is 1. The number of carboxylic acid groups (broad SMARTS) is 1. The summed E-state index contributed by atoms with van der Waals surface area (Å²) in [7, 11) is 1.54. The van der Waals surface area contributed by atoms with Gasteiger partial charge in [0.2, 0.25) is 5.88 Å². The van der Waals surface area contributed by atoms with Crippen molar-refractivity contribution in [3.8, 4) is 23.7 Å². The van der Waals surface area contributed by atoms with E-state index in [1.807, 2.05) is 0 Å². The first-order valence-corrected chi connectivity index (χ1v) is 9.99. The molecule has 1 fully saturated rings. The third kappa shape index (κ3) is 5.30. The van der Waals surface area contributed by atoms with Crippen LogP contribution in [0.2, 0.25) is 5.02 Å². The van der Waals surface area contributed by atoms with Crippen molar-refractivity contribution in [2.75, 3.05) is 13.7 Å². The summed E-state index contributed by atoms with van der Waals surface area (Å²) in [6.45, 7) is 5.30. The van der Waals surface area contributed by atoms with Gasteiger partial charge in [-0.05, 0) is 45.4 Å². The van der Waals surface area contributed by atoms with Crippen molar-refractivity contribution in [2.45, 2.75) is 38.8 Å². The van der Waals surface area contributed by atoms with E-state index in [-0.39, 0.29) is 24.8 Å². The molecule has 2 heterocycles. The van der Waals surface area contributed by atoms with Gasteiger partial charge in [-0.2, -0.15) is 0 Å². The number of aromatic nitrogens is 1. The molecule has 31 heavy (non-hydrogen) atoms. The smallest absolute Gasteiger partial charge is 0.411 e. The minimum Gasteiger partial charge on any atom is -0.494 e. The number of carboxylic acids is 1. The molecule has 164 valence electrons. The van der Waals surface area contributed by atoms with Crippen LogP contribution in [-0.2, 0) is 9.53 Å². The van der Waals surface area contributed by atoms with E-state index in [0.29, 0.717) is 16.2 Å². The second kappa shape index (κ2) is 8.90. The van der Waals surface area contributed by atoms with Gasteiger partial charge in [-0.15, -0.1) is 0 Å². The Bertz CT molecular complexity index is 1070. The van der Waals surface area contributed by atoms with Crippen LogP contribution in [0.25, 0.3) is 10.8 Å². The third-order valence-electron chi connectivity index (χ3n) is 4.62. The minimum atomic E-state index is -1.10. The number of rotatable bonds is 3. The Balaban J connectivity index is 1.78. The molecule has 0 radical (unpaired) electrons. The van der Waals surface area contributed by atoms with Crippen molar-refractivity contribution in [1.29, 1.82) is 0 Å². The van der Waals surface area contributed by atoms with E-state index < -0.39 is 23.7 Å². The molecule has 9 heteroatoms. The van der Waals surface area contributed by atoms with Crippen molar-refractivity contribution in [3.63, 3.8) is 0 Å². The lowest BCUT2D eigenvalue weighted by Crippen LogP contribution is -2.43. The molecule has 0 bridgehead atoms. The van der Waals surface area contributed by atoms with Crippen molar-refractivity contribution >= 4 is 34.4 Å². The number of ether oxygens (including phenoxy) is 3. The second-order valence-corrected chi connectivity index (χ2v) is 8.53. The number of amides is 1. The molecule has 1 N–H and O–H groups in total. The Morgan fingerprint density at radius 2 is 2.03 bits per heavy atom. The number of carbonyl (C=O) groups is 2. The summed E-state index contributed by atoms with van der Waals surface area (Å²) in [4.78, 5) is 29.4. The lowest BCUT2D eigenvalue weighted by Gasteiger charge is -2.26. The Kier molecular flexibility index (Phi) is 6.46. The number of hydrogen-bond acceptors (Lipinski definition) is 6. The molecule has 0 spiro atoms. The number of pyridine rings is 1. The highest BCUT2D eigenvalue weighted by atomic mass is 35.5. The Morgan fingerprint density at radius 1 is 1.29 bits per heavy atom. The number of nitrogens with zero attached hydrogens (tertiary/aromatic N) is 2. The zero-order valence-electron chi connectivity index (χ0n) is 17.6. The number of benzene rings is 1. The molecular formula is C22H23ClN2O6. The van der Waals surface area contributed by atoms with Crippen molar-refractivity contribution in [2.24, 2.45) is 5.92 Å². The van der Waals surface area contributed by atoms with Crippen molar-refractivity contribution in [1.82, 2.24) is 9.88 Å². The fourth-order valence-electron chi connectivity index (χ4n) is 3.27. The van der Waals surface area contributed by atoms with Crippen LogP contribution in [0.1, 0.15) is 27.2 Å². The quantitative estimate of drug-likeness (QED) is 0.713. The average Bonchev–Trinajstić information content (AvgIpc) is 3.11. The molecule has 1 unspecified atom stereocenters. The van der Waals surface area contributed by atoms with Crippen LogP contribution < -0.4 is 9.47 Å². The first-order valence-electron chi connectivity index (χ1n) is 9.61.